The van der Waals surface area contributed by atoms with Crippen LogP contribution < -0.4 is 0 Å². The van der Waals surface area contributed by atoms with Crippen molar-refractivity contribution in [1.82, 2.24) is 0 Å². The molecule has 9 atom stereocenters. The van der Waals surface area contributed by atoms with E-state index < -0.39 is 58.0 Å². The normalized spacial score (nSPS) is 59.8. The molecule has 1 heterocycles. The Balaban J connectivity index is 1.79. The molecule has 1 saturated heterocycles. The molecule has 26 heavy (non-hydrogen) atoms. The summed E-state index contributed by atoms with van der Waals surface area (Å²) in [4.78, 5) is 25.2. The Morgan fingerprint density at radius 3 is 2.62 bits per heavy atom. The number of aliphatic hydroxyl groups is 3. The van der Waals surface area contributed by atoms with Crippen LogP contribution >= 0.6 is 0 Å². The lowest BCUT2D eigenvalue weighted by Gasteiger charge is -2.46. The average molecular weight is 364 g/mol. The Labute approximate surface area is 150 Å². The molecule has 7 heteroatoms. The topological polar surface area (TPSA) is 124 Å². The lowest BCUT2D eigenvalue weighted by atomic mass is 9.59. The number of carbonyl (C=O) groups excluding carboxylic acids is 1. The molecule has 0 unspecified atom stereocenters. The number of carbonyl (C=O) groups is 2. The summed E-state index contributed by atoms with van der Waals surface area (Å²) in [7, 11) is 0. The van der Waals surface area contributed by atoms with E-state index in [1.165, 1.54) is 0 Å². The van der Waals surface area contributed by atoms with Crippen molar-refractivity contribution in [2.75, 3.05) is 0 Å². The van der Waals surface area contributed by atoms with Crippen LogP contribution in [0.1, 0.15) is 39.0 Å². The Hall–Kier alpha value is -1.44. The highest BCUT2D eigenvalue weighted by Gasteiger charge is 2.86. The second-order valence-corrected chi connectivity index (χ2v) is 9.31. The smallest absolute Gasteiger partial charge is 0.315 e. The van der Waals surface area contributed by atoms with Gasteiger partial charge in [-0.05, 0) is 44.6 Å². The molecule has 5 fully saturated rings. The molecule has 0 amide bonds. The maximum absolute atomic E-state index is 12.7. The largest absolute Gasteiger partial charge is 0.481 e. The van der Waals surface area contributed by atoms with Crippen LogP contribution in [-0.4, -0.2) is 55.8 Å². The third-order valence-corrected chi connectivity index (χ3v) is 8.69. The highest BCUT2D eigenvalue weighted by Crippen LogP contribution is 2.78. The van der Waals surface area contributed by atoms with E-state index in [1.54, 1.807) is 6.92 Å². The molecule has 142 valence electrons. The maximum atomic E-state index is 12.7. The van der Waals surface area contributed by atoms with E-state index in [-0.39, 0.29) is 17.9 Å². The van der Waals surface area contributed by atoms with E-state index in [0.717, 1.165) is 0 Å². The Morgan fingerprint density at radius 2 is 1.96 bits per heavy atom. The van der Waals surface area contributed by atoms with E-state index >= 15 is 0 Å². The molecule has 0 aromatic rings. The maximum Gasteiger partial charge on any atom is 0.315 e. The second-order valence-electron chi connectivity index (χ2n) is 9.31. The molecular formula is C19H24O7. The minimum Gasteiger partial charge on any atom is -0.481 e. The fourth-order valence-corrected chi connectivity index (χ4v) is 7.67. The molecule has 0 aromatic carbocycles. The van der Waals surface area contributed by atoms with Crippen LogP contribution in [0.2, 0.25) is 0 Å². The zero-order valence-electron chi connectivity index (χ0n) is 14.6. The van der Waals surface area contributed by atoms with Gasteiger partial charge in [-0.1, -0.05) is 6.58 Å². The van der Waals surface area contributed by atoms with Crippen molar-refractivity contribution < 1.29 is 34.8 Å². The molecule has 4 aliphatic carbocycles. The third kappa shape index (κ3) is 1.37. The van der Waals surface area contributed by atoms with Crippen LogP contribution in [-0.2, 0) is 14.3 Å². The molecule has 7 nitrogen and oxygen atoms in total. The van der Waals surface area contributed by atoms with E-state index in [4.69, 9.17) is 4.74 Å². The Bertz CT molecular complexity index is 763. The SMILES string of the molecule is C=C1[C@@H](O)[C@]23C[C@@]1(O)CC[C@H]2[C@@]12CC[C@H](O)[C@@](C)(C(=O)O1)[C@H]2[C@@H]3C(=O)O. The van der Waals surface area contributed by atoms with Gasteiger partial charge >= 0.3 is 11.9 Å². The van der Waals surface area contributed by atoms with Gasteiger partial charge in [-0.15, -0.1) is 0 Å². The quantitative estimate of drug-likeness (QED) is 0.388. The van der Waals surface area contributed by atoms with Gasteiger partial charge in [0.25, 0.3) is 0 Å². The summed E-state index contributed by atoms with van der Waals surface area (Å²) in [6.07, 6.45) is -0.452. The van der Waals surface area contributed by atoms with E-state index in [2.05, 4.69) is 6.58 Å². The van der Waals surface area contributed by atoms with Gasteiger partial charge in [-0.2, -0.15) is 0 Å². The number of carboxylic acid groups (broad SMARTS) is 1. The van der Waals surface area contributed by atoms with Crippen LogP contribution in [0, 0.1) is 28.6 Å². The number of ether oxygens (including phenoxy) is 1. The first kappa shape index (κ1) is 16.7. The number of rotatable bonds is 1. The number of hydrogen-bond acceptors (Lipinski definition) is 6. The summed E-state index contributed by atoms with van der Waals surface area (Å²) in [5, 5.41) is 42.8. The summed E-state index contributed by atoms with van der Waals surface area (Å²) in [5.74, 6) is -3.83. The predicted octanol–water partition coefficient (Wildman–Crippen LogP) is 0.222. The van der Waals surface area contributed by atoms with Gasteiger partial charge in [0, 0.05) is 17.3 Å². The molecule has 4 N–H and O–H groups in total. The number of aliphatic hydroxyl groups excluding tert-OH is 2. The highest BCUT2D eigenvalue weighted by molar-refractivity contribution is 5.85. The molecule has 5 rings (SSSR count). The van der Waals surface area contributed by atoms with Gasteiger partial charge in [0.2, 0.25) is 0 Å². The molecule has 0 aromatic heterocycles. The van der Waals surface area contributed by atoms with Crippen LogP contribution in [0.15, 0.2) is 12.2 Å². The summed E-state index contributed by atoms with van der Waals surface area (Å²) in [6, 6.07) is 0. The van der Waals surface area contributed by atoms with E-state index in [9.17, 15) is 30.0 Å². The lowest BCUT2D eigenvalue weighted by molar-refractivity contribution is -0.168. The Kier molecular flexibility index (Phi) is 2.79. The van der Waals surface area contributed by atoms with E-state index in [0.29, 0.717) is 25.7 Å². The first-order valence-electron chi connectivity index (χ1n) is 9.30. The number of carboxylic acids is 1. The van der Waals surface area contributed by atoms with Gasteiger partial charge in [-0.3, -0.25) is 9.59 Å². The van der Waals surface area contributed by atoms with Crippen LogP contribution in [0.25, 0.3) is 0 Å². The molecule has 4 saturated carbocycles. The fraction of sp³-hybridized carbons (Fsp3) is 0.789. The van der Waals surface area contributed by atoms with Gasteiger partial charge in [0.15, 0.2) is 0 Å². The highest BCUT2D eigenvalue weighted by atomic mass is 16.6. The van der Waals surface area contributed by atoms with Crippen LogP contribution in [0.3, 0.4) is 0 Å². The average Bonchev–Trinajstić information content (AvgIpc) is 2.98. The number of hydrogen-bond donors (Lipinski definition) is 4. The van der Waals surface area contributed by atoms with Gasteiger partial charge in [0.05, 0.1) is 29.1 Å². The minimum atomic E-state index is -1.31. The van der Waals surface area contributed by atoms with E-state index in [1.807, 2.05) is 0 Å². The number of aliphatic carboxylic acids is 1. The van der Waals surface area contributed by atoms with Gasteiger partial charge in [0.1, 0.15) is 5.60 Å². The lowest BCUT2D eigenvalue weighted by Crippen LogP contribution is -2.53. The molecule has 5 aliphatic rings. The number of fused-ring (bicyclic) bond motifs is 1. The van der Waals surface area contributed by atoms with Crippen molar-refractivity contribution in [2.24, 2.45) is 28.6 Å². The van der Waals surface area contributed by atoms with Crippen molar-refractivity contribution in [2.45, 2.75) is 62.4 Å². The first-order chi connectivity index (χ1) is 12.1. The zero-order valence-corrected chi connectivity index (χ0v) is 14.6. The third-order valence-electron chi connectivity index (χ3n) is 8.69. The van der Waals surface area contributed by atoms with Crippen molar-refractivity contribution in [3.05, 3.63) is 12.2 Å². The summed E-state index contributed by atoms with van der Waals surface area (Å²) in [6.45, 7) is 5.47. The molecule has 4 bridgehead atoms. The molecule has 1 aliphatic heterocycles. The Morgan fingerprint density at radius 1 is 1.27 bits per heavy atom. The van der Waals surface area contributed by atoms with Crippen molar-refractivity contribution in [3.63, 3.8) is 0 Å². The summed E-state index contributed by atoms with van der Waals surface area (Å²) < 4.78 is 5.90. The molecule has 0 radical (unpaired) electrons. The van der Waals surface area contributed by atoms with Crippen molar-refractivity contribution in [1.29, 1.82) is 0 Å². The van der Waals surface area contributed by atoms with Crippen molar-refractivity contribution in [3.8, 4) is 0 Å². The first-order valence-corrected chi connectivity index (χ1v) is 9.30. The number of esters is 1. The fourth-order valence-electron chi connectivity index (χ4n) is 7.67. The monoisotopic (exact) mass is 364 g/mol. The zero-order chi connectivity index (χ0) is 18.9. The van der Waals surface area contributed by atoms with Crippen LogP contribution in [0.5, 0.6) is 0 Å². The molecular weight excluding hydrogens is 340 g/mol. The van der Waals surface area contributed by atoms with Gasteiger partial charge < -0.3 is 25.2 Å². The van der Waals surface area contributed by atoms with Gasteiger partial charge in [-0.25, -0.2) is 0 Å². The predicted molar refractivity (Wildman–Crippen MR) is 86.7 cm³/mol. The summed E-state index contributed by atoms with van der Waals surface area (Å²) >= 11 is 0. The van der Waals surface area contributed by atoms with Crippen molar-refractivity contribution >= 4 is 11.9 Å². The molecule has 1 spiro atoms. The van der Waals surface area contributed by atoms with Crippen LogP contribution in [0.4, 0.5) is 0 Å². The standard InChI is InChI=1S/C19H24O7/c1-8-13(21)18-7-17(8,25)5-3-9(18)19-6-4-10(20)16(2,15(24)26-19)12(19)11(18)14(22)23/h9-13,20-21,25H,1,3-7H2,2H3,(H,22,23)/t9-,10+,11-,12-,13-,16-,17+,18-,19-/m1/s1. The summed E-state index contributed by atoms with van der Waals surface area (Å²) in [5.41, 5.74) is -4.44. The second kappa shape index (κ2) is 4.34. The minimum absolute atomic E-state index is 0.115.